The van der Waals surface area contributed by atoms with Crippen LogP contribution in [0.3, 0.4) is 0 Å². The summed E-state index contributed by atoms with van der Waals surface area (Å²) in [6.07, 6.45) is 1.89. The third-order valence-electron chi connectivity index (χ3n) is 3.27. The Hall–Kier alpha value is -2.31. The van der Waals surface area contributed by atoms with Crippen molar-refractivity contribution in [3.05, 3.63) is 67.1 Å². The van der Waals surface area contributed by atoms with Gasteiger partial charge in [0.25, 0.3) is 5.56 Å². The minimum atomic E-state index is -0.111. The lowest BCUT2D eigenvalue weighted by Gasteiger charge is -1.95. The molecule has 4 rings (SSSR count). The summed E-state index contributed by atoms with van der Waals surface area (Å²) in [4.78, 5) is 18.6. The molecule has 0 bridgehead atoms. The van der Waals surface area contributed by atoms with E-state index in [0.717, 1.165) is 16.0 Å². The van der Waals surface area contributed by atoms with Gasteiger partial charge in [-0.3, -0.25) is 4.79 Å². The van der Waals surface area contributed by atoms with E-state index in [2.05, 4.69) is 10.1 Å². The Morgan fingerprint density at radius 2 is 2.14 bits per heavy atom. The molecular formula is C16H11N3OS2. The van der Waals surface area contributed by atoms with Crippen LogP contribution in [0.15, 0.2) is 46.6 Å². The Balaban J connectivity index is 1.86. The van der Waals surface area contributed by atoms with Crippen LogP contribution in [0, 0.1) is 6.92 Å². The SMILES string of the molecule is Cc1cccc(-c2nc3s/c(=C/c4cccs4)c(=O)n3n2)c1. The topological polar surface area (TPSA) is 47.3 Å². The van der Waals surface area contributed by atoms with Gasteiger partial charge in [0.2, 0.25) is 4.96 Å². The molecule has 0 aliphatic rings. The van der Waals surface area contributed by atoms with Crippen LogP contribution < -0.4 is 10.1 Å². The molecule has 0 radical (unpaired) electrons. The zero-order valence-corrected chi connectivity index (χ0v) is 13.3. The van der Waals surface area contributed by atoms with Crippen molar-refractivity contribution in [1.82, 2.24) is 14.6 Å². The zero-order valence-electron chi connectivity index (χ0n) is 11.7. The van der Waals surface area contributed by atoms with Gasteiger partial charge in [-0.25, -0.2) is 0 Å². The summed E-state index contributed by atoms with van der Waals surface area (Å²) in [6.45, 7) is 2.02. The maximum Gasteiger partial charge on any atom is 0.291 e. The van der Waals surface area contributed by atoms with Gasteiger partial charge in [-0.1, -0.05) is 41.2 Å². The lowest BCUT2D eigenvalue weighted by Crippen LogP contribution is -2.23. The minimum absolute atomic E-state index is 0.111. The van der Waals surface area contributed by atoms with Gasteiger partial charge in [-0.2, -0.15) is 9.50 Å². The Kier molecular flexibility index (Phi) is 3.13. The predicted octanol–water partition coefficient (Wildman–Crippen LogP) is 2.74. The second kappa shape index (κ2) is 5.15. The molecule has 0 fully saturated rings. The summed E-state index contributed by atoms with van der Waals surface area (Å²) < 4.78 is 2.05. The number of aryl methyl sites for hydroxylation is 1. The lowest BCUT2D eigenvalue weighted by atomic mass is 10.1. The molecule has 3 heterocycles. The van der Waals surface area contributed by atoms with Crippen LogP contribution in [0.4, 0.5) is 0 Å². The quantitative estimate of drug-likeness (QED) is 0.569. The van der Waals surface area contributed by atoms with Gasteiger partial charge in [-0.15, -0.1) is 16.4 Å². The fourth-order valence-corrected chi connectivity index (χ4v) is 3.87. The number of aromatic nitrogens is 3. The summed E-state index contributed by atoms with van der Waals surface area (Å²) >= 11 is 2.97. The number of hydrogen-bond acceptors (Lipinski definition) is 5. The fraction of sp³-hybridized carbons (Fsp3) is 0.0625. The molecule has 0 atom stereocenters. The lowest BCUT2D eigenvalue weighted by molar-refractivity contribution is 0.937. The van der Waals surface area contributed by atoms with Gasteiger partial charge in [0.05, 0.1) is 4.53 Å². The molecule has 0 aliphatic carbocycles. The van der Waals surface area contributed by atoms with Gasteiger partial charge >= 0.3 is 0 Å². The van der Waals surface area contributed by atoms with Crippen molar-refractivity contribution in [3.8, 4) is 11.4 Å². The standard InChI is InChI=1S/C16H11N3OS2/c1-10-4-2-5-11(8-10)14-17-16-19(18-14)15(20)13(22-16)9-12-6-3-7-21-12/h2-9H,1H3/b13-9+. The average Bonchev–Trinajstić information content (AvgIpc) is 3.20. The van der Waals surface area contributed by atoms with Crippen LogP contribution in [0.5, 0.6) is 0 Å². The highest BCUT2D eigenvalue weighted by molar-refractivity contribution is 7.15. The van der Waals surface area contributed by atoms with E-state index in [9.17, 15) is 4.79 Å². The van der Waals surface area contributed by atoms with E-state index < -0.39 is 0 Å². The molecule has 108 valence electrons. The Morgan fingerprint density at radius 3 is 2.86 bits per heavy atom. The van der Waals surface area contributed by atoms with E-state index in [1.54, 1.807) is 11.3 Å². The largest absolute Gasteiger partial charge is 0.291 e. The molecule has 3 aromatic heterocycles. The van der Waals surface area contributed by atoms with Crippen molar-refractivity contribution < 1.29 is 0 Å². The molecule has 4 nitrogen and oxygen atoms in total. The summed E-state index contributed by atoms with van der Waals surface area (Å²) in [5, 5.41) is 6.35. The van der Waals surface area contributed by atoms with Crippen LogP contribution in [-0.2, 0) is 0 Å². The maximum absolute atomic E-state index is 12.4. The van der Waals surface area contributed by atoms with Crippen molar-refractivity contribution in [2.75, 3.05) is 0 Å². The van der Waals surface area contributed by atoms with Crippen molar-refractivity contribution in [1.29, 1.82) is 0 Å². The van der Waals surface area contributed by atoms with Gasteiger partial charge < -0.3 is 0 Å². The molecule has 0 spiro atoms. The highest BCUT2D eigenvalue weighted by atomic mass is 32.1. The molecule has 1 aromatic carbocycles. The Labute approximate surface area is 134 Å². The molecule has 0 saturated heterocycles. The monoisotopic (exact) mass is 325 g/mol. The zero-order chi connectivity index (χ0) is 15.1. The van der Waals surface area contributed by atoms with E-state index in [1.807, 2.05) is 54.8 Å². The van der Waals surface area contributed by atoms with Gasteiger partial charge in [-0.05, 0) is 30.5 Å². The summed E-state index contributed by atoms with van der Waals surface area (Å²) in [7, 11) is 0. The second-order valence-electron chi connectivity index (χ2n) is 4.93. The van der Waals surface area contributed by atoms with Gasteiger partial charge in [0, 0.05) is 10.4 Å². The fourth-order valence-electron chi connectivity index (χ4n) is 2.24. The van der Waals surface area contributed by atoms with Crippen molar-refractivity contribution >= 4 is 33.7 Å². The van der Waals surface area contributed by atoms with E-state index in [4.69, 9.17) is 0 Å². The van der Waals surface area contributed by atoms with Crippen LogP contribution >= 0.6 is 22.7 Å². The predicted molar refractivity (Wildman–Crippen MR) is 90.4 cm³/mol. The molecule has 0 amide bonds. The average molecular weight is 325 g/mol. The number of rotatable bonds is 2. The molecule has 0 unspecified atom stereocenters. The van der Waals surface area contributed by atoms with Gasteiger partial charge in [0.1, 0.15) is 0 Å². The third kappa shape index (κ3) is 2.26. The van der Waals surface area contributed by atoms with E-state index >= 15 is 0 Å². The molecular weight excluding hydrogens is 314 g/mol. The highest BCUT2D eigenvalue weighted by Gasteiger charge is 2.11. The first-order valence-corrected chi connectivity index (χ1v) is 8.42. The number of hydrogen-bond donors (Lipinski definition) is 0. The molecule has 6 heteroatoms. The van der Waals surface area contributed by atoms with Crippen LogP contribution in [-0.4, -0.2) is 14.6 Å². The molecule has 0 N–H and O–H groups in total. The normalized spacial score (nSPS) is 12.3. The highest BCUT2D eigenvalue weighted by Crippen LogP contribution is 2.17. The number of thiophene rings is 1. The maximum atomic E-state index is 12.4. The first-order chi connectivity index (χ1) is 10.7. The first kappa shape index (κ1) is 13.4. The minimum Gasteiger partial charge on any atom is -0.266 e. The van der Waals surface area contributed by atoms with Gasteiger partial charge in [0.15, 0.2) is 5.82 Å². The molecule has 0 saturated carbocycles. The summed E-state index contributed by atoms with van der Waals surface area (Å²) in [6, 6.07) is 11.9. The molecule has 0 aliphatic heterocycles. The van der Waals surface area contributed by atoms with Crippen molar-refractivity contribution in [3.63, 3.8) is 0 Å². The smallest absolute Gasteiger partial charge is 0.266 e. The third-order valence-corrected chi connectivity index (χ3v) is 5.05. The van der Waals surface area contributed by atoms with Crippen molar-refractivity contribution in [2.45, 2.75) is 6.92 Å². The Morgan fingerprint density at radius 1 is 1.23 bits per heavy atom. The second-order valence-corrected chi connectivity index (χ2v) is 6.92. The summed E-state index contributed by atoms with van der Waals surface area (Å²) in [5.41, 5.74) is 1.96. The van der Waals surface area contributed by atoms with Crippen LogP contribution in [0.1, 0.15) is 10.4 Å². The number of benzene rings is 1. The Bertz CT molecular complexity index is 1060. The number of nitrogens with zero attached hydrogens (tertiary/aromatic N) is 3. The summed E-state index contributed by atoms with van der Waals surface area (Å²) in [5.74, 6) is 0.592. The molecule has 22 heavy (non-hydrogen) atoms. The van der Waals surface area contributed by atoms with Crippen molar-refractivity contribution in [2.24, 2.45) is 0 Å². The van der Waals surface area contributed by atoms with E-state index in [1.165, 1.54) is 15.9 Å². The first-order valence-electron chi connectivity index (χ1n) is 6.72. The van der Waals surface area contributed by atoms with E-state index in [0.29, 0.717) is 15.3 Å². The van der Waals surface area contributed by atoms with Crippen LogP contribution in [0.2, 0.25) is 0 Å². The number of fused-ring (bicyclic) bond motifs is 1. The number of thiazole rings is 1. The van der Waals surface area contributed by atoms with E-state index in [-0.39, 0.29) is 5.56 Å². The van der Waals surface area contributed by atoms with Crippen LogP contribution in [0.25, 0.3) is 22.4 Å². The molecule has 4 aromatic rings.